The average Bonchev–Trinajstić information content (AvgIpc) is 2.12. The lowest BCUT2D eigenvalue weighted by atomic mass is 10.1. The number of rotatable bonds is 5. The van der Waals surface area contributed by atoms with Crippen LogP contribution in [0, 0.1) is 12.8 Å². The summed E-state index contributed by atoms with van der Waals surface area (Å²) in [7, 11) is 0. The van der Waals surface area contributed by atoms with Gasteiger partial charge in [0.25, 0.3) is 5.56 Å². The normalized spacial score (nSPS) is 12.8. The number of nitrogens with zero attached hydrogens (tertiary/aromatic N) is 1. The lowest BCUT2D eigenvalue weighted by Gasteiger charge is -2.14. The molecule has 3 N–H and O–H groups in total. The van der Waals surface area contributed by atoms with E-state index in [1.54, 1.807) is 6.92 Å². The fourth-order valence-electron chi connectivity index (χ4n) is 1.52. The summed E-state index contributed by atoms with van der Waals surface area (Å²) in [5.74, 6) is 1.52. The molecule has 1 aromatic heterocycles. The number of H-pyrrole nitrogens is 1. The van der Waals surface area contributed by atoms with Crippen molar-refractivity contribution in [3.63, 3.8) is 0 Å². The highest BCUT2D eigenvalue weighted by Crippen LogP contribution is 2.05. The molecule has 5 heteroatoms. The van der Waals surface area contributed by atoms with Gasteiger partial charge in [-0.1, -0.05) is 13.8 Å². The number of anilines is 1. The van der Waals surface area contributed by atoms with Crippen molar-refractivity contribution in [2.75, 3.05) is 11.9 Å². The van der Waals surface area contributed by atoms with Gasteiger partial charge in [-0.15, -0.1) is 0 Å². The molecule has 1 unspecified atom stereocenters. The molecule has 5 nitrogen and oxygen atoms in total. The molecule has 0 aliphatic heterocycles. The Labute approximate surface area is 94.9 Å². The first-order chi connectivity index (χ1) is 7.47. The van der Waals surface area contributed by atoms with E-state index in [4.69, 9.17) is 0 Å². The van der Waals surface area contributed by atoms with E-state index in [2.05, 4.69) is 29.1 Å². The summed E-state index contributed by atoms with van der Waals surface area (Å²) < 4.78 is 0. The Balaban J connectivity index is 2.51. The minimum Gasteiger partial charge on any atom is -0.391 e. The SMILES string of the molecule is Cc1nc(NCC(O)CC(C)C)cc(=O)[nH]1. The third-order valence-electron chi connectivity index (χ3n) is 2.12. The molecule has 0 radical (unpaired) electrons. The Hall–Kier alpha value is -1.36. The van der Waals surface area contributed by atoms with E-state index in [0.717, 1.165) is 6.42 Å². The van der Waals surface area contributed by atoms with Gasteiger partial charge in [-0.05, 0) is 19.3 Å². The van der Waals surface area contributed by atoms with Crippen molar-refractivity contribution < 1.29 is 5.11 Å². The zero-order valence-electron chi connectivity index (χ0n) is 9.95. The molecule has 0 aromatic carbocycles. The molecule has 0 amide bonds. The van der Waals surface area contributed by atoms with Crippen LogP contribution in [0.15, 0.2) is 10.9 Å². The van der Waals surface area contributed by atoms with Gasteiger partial charge >= 0.3 is 0 Å². The summed E-state index contributed by atoms with van der Waals surface area (Å²) >= 11 is 0. The van der Waals surface area contributed by atoms with E-state index in [-0.39, 0.29) is 5.56 Å². The smallest absolute Gasteiger partial charge is 0.252 e. The van der Waals surface area contributed by atoms with Crippen LogP contribution >= 0.6 is 0 Å². The quantitative estimate of drug-likeness (QED) is 0.695. The molecule has 0 spiro atoms. The van der Waals surface area contributed by atoms with Crippen LogP contribution in [0.2, 0.25) is 0 Å². The molecule has 0 bridgehead atoms. The summed E-state index contributed by atoms with van der Waals surface area (Å²) in [4.78, 5) is 17.8. The Morgan fingerprint density at radius 3 is 2.81 bits per heavy atom. The highest BCUT2D eigenvalue weighted by molar-refractivity contribution is 5.32. The van der Waals surface area contributed by atoms with Crippen LogP contribution in [0.4, 0.5) is 5.82 Å². The van der Waals surface area contributed by atoms with Gasteiger partial charge in [0.1, 0.15) is 11.6 Å². The third kappa shape index (κ3) is 4.44. The monoisotopic (exact) mass is 225 g/mol. The number of hydrogen-bond acceptors (Lipinski definition) is 4. The largest absolute Gasteiger partial charge is 0.391 e. The second-order valence-electron chi connectivity index (χ2n) is 4.38. The average molecular weight is 225 g/mol. The van der Waals surface area contributed by atoms with Crippen molar-refractivity contribution in [1.82, 2.24) is 9.97 Å². The summed E-state index contributed by atoms with van der Waals surface area (Å²) in [6, 6.07) is 1.38. The Morgan fingerprint density at radius 2 is 2.25 bits per heavy atom. The fraction of sp³-hybridized carbons (Fsp3) is 0.636. The Morgan fingerprint density at radius 1 is 1.56 bits per heavy atom. The number of nitrogens with one attached hydrogen (secondary N) is 2. The van der Waals surface area contributed by atoms with Gasteiger partial charge in [-0.25, -0.2) is 4.98 Å². The molecule has 0 fully saturated rings. The van der Waals surface area contributed by atoms with Crippen LogP contribution in [-0.2, 0) is 0 Å². The van der Waals surface area contributed by atoms with E-state index < -0.39 is 6.10 Å². The van der Waals surface area contributed by atoms with Crippen LogP contribution in [-0.4, -0.2) is 27.7 Å². The van der Waals surface area contributed by atoms with Gasteiger partial charge in [0.05, 0.1) is 6.10 Å². The van der Waals surface area contributed by atoms with Crippen molar-refractivity contribution in [2.24, 2.45) is 5.92 Å². The van der Waals surface area contributed by atoms with Gasteiger partial charge in [-0.2, -0.15) is 0 Å². The van der Waals surface area contributed by atoms with E-state index in [0.29, 0.717) is 24.1 Å². The number of aryl methyl sites for hydroxylation is 1. The lowest BCUT2D eigenvalue weighted by Crippen LogP contribution is -2.22. The van der Waals surface area contributed by atoms with Crippen molar-refractivity contribution in [3.05, 3.63) is 22.2 Å². The number of aromatic amines is 1. The minimum atomic E-state index is -0.415. The molecule has 0 aliphatic rings. The van der Waals surface area contributed by atoms with Gasteiger partial charge in [0, 0.05) is 12.6 Å². The molecule has 16 heavy (non-hydrogen) atoms. The molecule has 0 saturated heterocycles. The zero-order valence-corrected chi connectivity index (χ0v) is 9.95. The number of aromatic nitrogens is 2. The van der Waals surface area contributed by atoms with Gasteiger partial charge in [0.2, 0.25) is 0 Å². The lowest BCUT2D eigenvalue weighted by molar-refractivity contribution is 0.161. The van der Waals surface area contributed by atoms with Crippen LogP contribution in [0.3, 0.4) is 0 Å². The maximum Gasteiger partial charge on any atom is 0.252 e. The van der Waals surface area contributed by atoms with Crippen molar-refractivity contribution >= 4 is 5.82 Å². The molecule has 1 atom stereocenters. The van der Waals surface area contributed by atoms with Gasteiger partial charge in [-0.3, -0.25) is 4.79 Å². The zero-order chi connectivity index (χ0) is 12.1. The highest BCUT2D eigenvalue weighted by atomic mass is 16.3. The molecule has 0 aliphatic carbocycles. The van der Waals surface area contributed by atoms with Crippen LogP contribution in [0.1, 0.15) is 26.1 Å². The molecule has 1 aromatic rings. The van der Waals surface area contributed by atoms with E-state index >= 15 is 0 Å². The first-order valence-corrected chi connectivity index (χ1v) is 5.47. The van der Waals surface area contributed by atoms with Crippen LogP contribution in [0.5, 0.6) is 0 Å². The predicted molar refractivity (Wildman–Crippen MR) is 63.5 cm³/mol. The predicted octanol–water partition coefficient (Wildman–Crippen LogP) is 0.897. The minimum absolute atomic E-state index is 0.187. The summed E-state index contributed by atoms with van der Waals surface area (Å²) in [6.45, 7) is 6.24. The van der Waals surface area contributed by atoms with E-state index in [9.17, 15) is 9.90 Å². The number of aliphatic hydroxyl groups excluding tert-OH is 1. The molecule has 1 rings (SSSR count). The molecule has 0 saturated carbocycles. The highest BCUT2D eigenvalue weighted by Gasteiger charge is 2.07. The Bertz CT molecular complexity index is 387. The summed E-state index contributed by atoms with van der Waals surface area (Å²) in [6.07, 6.45) is 0.316. The van der Waals surface area contributed by atoms with Gasteiger partial charge in [0.15, 0.2) is 0 Å². The second-order valence-corrected chi connectivity index (χ2v) is 4.38. The molecular formula is C11H19N3O2. The second kappa shape index (κ2) is 5.65. The van der Waals surface area contributed by atoms with Crippen molar-refractivity contribution in [1.29, 1.82) is 0 Å². The first kappa shape index (κ1) is 12.7. The molecular weight excluding hydrogens is 206 g/mol. The van der Waals surface area contributed by atoms with E-state index in [1.807, 2.05) is 0 Å². The summed E-state index contributed by atoms with van der Waals surface area (Å²) in [5.41, 5.74) is -0.187. The number of aliphatic hydroxyl groups is 1. The first-order valence-electron chi connectivity index (χ1n) is 5.47. The standard InChI is InChI=1S/C11H19N3O2/c1-7(2)4-9(15)6-12-10-5-11(16)14-8(3)13-10/h5,7,9,15H,4,6H2,1-3H3,(H2,12,13,14,16). The maximum atomic E-state index is 11.1. The number of hydrogen-bond donors (Lipinski definition) is 3. The van der Waals surface area contributed by atoms with Crippen LogP contribution in [0.25, 0.3) is 0 Å². The molecule has 1 heterocycles. The van der Waals surface area contributed by atoms with Crippen LogP contribution < -0.4 is 10.9 Å². The van der Waals surface area contributed by atoms with Crippen molar-refractivity contribution in [3.8, 4) is 0 Å². The van der Waals surface area contributed by atoms with Crippen molar-refractivity contribution in [2.45, 2.75) is 33.3 Å². The summed E-state index contributed by atoms with van der Waals surface area (Å²) in [5, 5.41) is 12.6. The van der Waals surface area contributed by atoms with E-state index in [1.165, 1.54) is 6.07 Å². The fourth-order valence-corrected chi connectivity index (χ4v) is 1.52. The Kier molecular flexibility index (Phi) is 4.49. The molecule has 90 valence electrons. The van der Waals surface area contributed by atoms with Gasteiger partial charge < -0.3 is 15.4 Å². The third-order valence-corrected chi connectivity index (χ3v) is 2.12. The maximum absolute atomic E-state index is 11.1. The topological polar surface area (TPSA) is 78.0 Å².